The summed E-state index contributed by atoms with van der Waals surface area (Å²) in [7, 11) is 1.72. The van der Waals surface area contributed by atoms with Gasteiger partial charge in [0.2, 0.25) is 0 Å². The van der Waals surface area contributed by atoms with E-state index < -0.39 is 0 Å². The van der Waals surface area contributed by atoms with E-state index >= 15 is 0 Å². The Morgan fingerprint density at radius 2 is 1.74 bits per heavy atom. The number of hydrogen-bond acceptors (Lipinski definition) is 2. The Hall–Kier alpha value is -2.16. The number of carbonyl (C=O) groups is 1. The highest BCUT2D eigenvalue weighted by Gasteiger charge is 2.13. The summed E-state index contributed by atoms with van der Waals surface area (Å²) in [4.78, 5) is 13.8. The van der Waals surface area contributed by atoms with E-state index in [0.717, 1.165) is 5.56 Å². The van der Waals surface area contributed by atoms with E-state index in [0.29, 0.717) is 11.3 Å². The number of rotatable bonds is 4. The van der Waals surface area contributed by atoms with Gasteiger partial charge in [-0.05, 0) is 24.6 Å². The van der Waals surface area contributed by atoms with Gasteiger partial charge in [-0.3, -0.25) is 4.79 Å². The molecule has 0 heterocycles. The molecule has 0 aliphatic carbocycles. The molecule has 0 amide bonds. The van der Waals surface area contributed by atoms with Crippen LogP contribution >= 0.6 is 0 Å². The Balaban J connectivity index is 2.16. The number of carbonyl (C=O) groups excluding carboxylic acids is 1. The summed E-state index contributed by atoms with van der Waals surface area (Å²) in [6, 6.07) is 13.9. The molecule has 0 fully saturated rings. The first-order valence-electron chi connectivity index (χ1n) is 6.14. The van der Waals surface area contributed by atoms with Gasteiger partial charge in [-0.2, -0.15) is 0 Å². The maximum atomic E-state index is 13.6. The van der Waals surface area contributed by atoms with Crippen LogP contribution in [0.2, 0.25) is 0 Å². The number of Topliss-reactive ketones (excluding diaryl/α,β-unsaturated/α-hetero) is 1. The predicted octanol–water partition coefficient (Wildman–Crippen LogP) is 3.45. The predicted molar refractivity (Wildman–Crippen MR) is 75.2 cm³/mol. The van der Waals surface area contributed by atoms with Crippen LogP contribution in [0.25, 0.3) is 0 Å². The van der Waals surface area contributed by atoms with Gasteiger partial charge in [-0.1, -0.05) is 36.4 Å². The molecule has 0 unspecified atom stereocenters. The first kappa shape index (κ1) is 13.3. The fourth-order valence-electron chi connectivity index (χ4n) is 2.03. The summed E-state index contributed by atoms with van der Waals surface area (Å²) in [5.41, 5.74) is 2.06. The van der Waals surface area contributed by atoms with Crippen LogP contribution in [0.5, 0.6) is 0 Å². The van der Waals surface area contributed by atoms with Gasteiger partial charge in [-0.15, -0.1) is 0 Å². The van der Waals surface area contributed by atoms with Crippen molar-refractivity contribution < 1.29 is 9.18 Å². The van der Waals surface area contributed by atoms with Crippen molar-refractivity contribution in [2.75, 3.05) is 18.5 Å². The number of anilines is 1. The fourth-order valence-corrected chi connectivity index (χ4v) is 2.03. The Bertz CT molecular complexity index is 595. The van der Waals surface area contributed by atoms with Gasteiger partial charge >= 0.3 is 0 Å². The minimum absolute atomic E-state index is 0.0103. The Labute approximate surface area is 112 Å². The second-order valence-corrected chi connectivity index (χ2v) is 4.55. The molecule has 0 saturated heterocycles. The molecule has 2 nitrogen and oxygen atoms in total. The Morgan fingerprint density at radius 1 is 1.11 bits per heavy atom. The lowest BCUT2D eigenvalue weighted by Gasteiger charge is -2.19. The van der Waals surface area contributed by atoms with Gasteiger partial charge in [0.05, 0.1) is 12.2 Å². The van der Waals surface area contributed by atoms with Crippen LogP contribution in [-0.4, -0.2) is 19.4 Å². The molecule has 2 aromatic carbocycles. The van der Waals surface area contributed by atoms with Crippen LogP contribution in [0.1, 0.15) is 15.9 Å². The number of aryl methyl sites for hydroxylation is 1. The lowest BCUT2D eigenvalue weighted by molar-refractivity contribution is 0.0999. The van der Waals surface area contributed by atoms with E-state index in [2.05, 4.69) is 0 Å². The number of nitrogens with zero attached hydrogens (tertiary/aromatic N) is 1. The lowest BCUT2D eigenvalue weighted by atomic mass is 10.0. The summed E-state index contributed by atoms with van der Waals surface area (Å²) < 4.78 is 13.6. The molecule has 2 aromatic rings. The Morgan fingerprint density at radius 3 is 2.42 bits per heavy atom. The molecule has 0 aliphatic heterocycles. The third kappa shape index (κ3) is 2.99. The summed E-state index contributed by atoms with van der Waals surface area (Å²) in [6.07, 6.45) is 0. The van der Waals surface area contributed by atoms with Crippen molar-refractivity contribution in [2.45, 2.75) is 6.92 Å². The molecule has 3 heteroatoms. The number of para-hydroxylation sites is 1. The molecule has 0 aliphatic rings. The van der Waals surface area contributed by atoms with Gasteiger partial charge in [-0.25, -0.2) is 4.39 Å². The molecule has 0 bridgehead atoms. The second-order valence-electron chi connectivity index (χ2n) is 4.55. The SMILES string of the molecule is Cc1ccccc1C(=O)CN(C)c1ccccc1F. The molecule has 0 radical (unpaired) electrons. The summed E-state index contributed by atoms with van der Waals surface area (Å²) in [5.74, 6) is -0.327. The first-order chi connectivity index (χ1) is 9.09. The zero-order valence-electron chi connectivity index (χ0n) is 11.1. The summed E-state index contributed by atoms with van der Waals surface area (Å²) >= 11 is 0. The van der Waals surface area contributed by atoms with Gasteiger partial charge in [0.25, 0.3) is 0 Å². The van der Waals surface area contributed by atoms with Crippen molar-refractivity contribution in [2.24, 2.45) is 0 Å². The van der Waals surface area contributed by atoms with Crippen molar-refractivity contribution in [1.82, 2.24) is 0 Å². The smallest absolute Gasteiger partial charge is 0.182 e. The highest BCUT2D eigenvalue weighted by atomic mass is 19.1. The fraction of sp³-hybridized carbons (Fsp3) is 0.188. The van der Waals surface area contributed by atoms with E-state index in [1.165, 1.54) is 6.07 Å². The molecular formula is C16H16FNO. The van der Waals surface area contributed by atoms with E-state index in [9.17, 15) is 9.18 Å². The monoisotopic (exact) mass is 257 g/mol. The van der Waals surface area contributed by atoms with Crippen LogP contribution in [0, 0.1) is 12.7 Å². The van der Waals surface area contributed by atoms with Crippen molar-refractivity contribution in [3.05, 3.63) is 65.5 Å². The van der Waals surface area contributed by atoms with Crippen LogP contribution in [0.3, 0.4) is 0 Å². The average molecular weight is 257 g/mol. The third-order valence-electron chi connectivity index (χ3n) is 3.09. The second kappa shape index (κ2) is 5.65. The highest BCUT2D eigenvalue weighted by Crippen LogP contribution is 2.18. The molecule has 98 valence electrons. The van der Waals surface area contributed by atoms with Crippen LogP contribution in [0.15, 0.2) is 48.5 Å². The van der Waals surface area contributed by atoms with E-state index in [-0.39, 0.29) is 18.1 Å². The lowest BCUT2D eigenvalue weighted by Crippen LogP contribution is -2.26. The first-order valence-corrected chi connectivity index (χ1v) is 6.14. The minimum atomic E-state index is -0.317. The van der Waals surface area contributed by atoms with Gasteiger partial charge in [0, 0.05) is 12.6 Å². The van der Waals surface area contributed by atoms with E-state index in [4.69, 9.17) is 0 Å². The Kier molecular flexibility index (Phi) is 3.95. The van der Waals surface area contributed by atoms with E-state index in [1.54, 1.807) is 36.2 Å². The average Bonchev–Trinajstić information content (AvgIpc) is 2.39. The maximum Gasteiger partial charge on any atom is 0.182 e. The number of likely N-dealkylation sites (N-methyl/N-ethyl adjacent to an activating group) is 1. The highest BCUT2D eigenvalue weighted by molar-refractivity contribution is 6.00. The standard InChI is InChI=1S/C16H16FNO/c1-12-7-3-4-8-13(12)16(19)11-18(2)15-10-6-5-9-14(15)17/h3-10H,11H2,1-2H3. The quantitative estimate of drug-likeness (QED) is 0.782. The van der Waals surface area contributed by atoms with Gasteiger partial charge in [0.1, 0.15) is 5.82 Å². The third-order valence-corrected chi connectivity index (χ3v) is 3.09. The molecule has 0 atom stereocenters. The van der Waals surface area contributed by atoms with E-state index in [1.807, 2.05) is 25.1 Å². The van der Waals surface area contributed by atoms with Crippen molar-refractivity contribution in [3.63, 3.8) is 0 Å². The van der Waals surface area contributed by atoms with Crippen molar-refractivity contribution in [3.8, 4) is 0 Å². The van der Waals surface area contributed by atoms with Crippen LogP contribution in [0.4, 0.5) is 10.1 Å². The molecule has 0 N–H and O–H groups in total. The normalized spacial score (nSPS) is 10.3. The number of benzene rings is 2. The van der Waals surface area contributed by atoms with Gasteiger partial charge < -0.3 is 4.90 Å². The molecule has 0 saturated carbocycles. The minimum Gasteiger partial charge on any atom is -0.365 e. The van der Waals surface area contributed by atoms with Crippen molar-refractivity contribution >= 4 is 11.5 Å². The zero-order valence-corrected chi connectivity index (χ0v) is 11.1. The molecule has 0 aromatic heterocycles. The zero-order chi connectivity index (χ0) is 13.8. The maximum absolute atomic E-state index is 13.6. The largest absolute Gasteiger partial charge is 0.365 e. The summed E-state index contributed by atoms with van der Waals surface area (Å²) in [6.45, 7) is 2.06. The number of hydrogen-bond donors (Lipinski definition) is 0. The van der Waals surface area contributed by atoms with Crippen LogP contribution in [-0.2, 0) is 0 Å². The molecule has 2 rings (SSSR count). The molecule has 19 heavy (non-hydrogen) atoms. The van der Waals surface area contributed by atoms with Crippen LogP contribution < -0.4 is 4.90 Å². The summed E-state index contributed by atoms with van der Waals surface area (Å²) in [5, 5.41) is 0. The molecular weight excluding hydrogens is 241 g/mol. The number of halogens is 1. The topological polar surface area (TPSA) is 20.3 Å². The molecule has 0 spiro atoms. The van der Waals surface area contributed by atoms with Gasteiger partial charge in [0.15, 0.2) is 5.78 Å². The van der Waals surface area contributed by atoms with Crippen molar-refractivity contribution in [1.29, 1.82) is 0 Å². The number of ketones is 1.